The number of carboxylic acids is 1. The maximum atomic E-state index is 13.2. The molecule has 4 rings (SSSR count). The molecule has 9 heteroatoms. The average Bonchev–Trinajstić information content (AvgIpc) is 3.41. The molecule has 2 aliphatic rings. The first kappa shape index (κ1) is 22.8. The van der Waals surface area contributed by atoms with Crippen LogP contribution >= 0.6 is 22.9 Å². The highest BCUT2D eigenvalue weighted by Gasteiger charge is 2.55. The van der Waals surface area contributed by atoms with E-state index in [0.717, 1.165) is 10.4 Å². The minimum absolute atomic E-state index is 0.257. The molecule has 32 heavy (non-hydrogen) atoms. The van der Waals surface area contributed by atoms with E-state index in [1.807, 2.05) is 6.92 Å². The molecule has 1 amide bonds. The van der Waals surface area contributed by atoms with Gasteiger partial charge in [-0.25, -0.2) is 4.79 Å². The largest absolute Gasteiger partial charge is 0.481 e. The van der Waals surface area contributed by atoms with Gasteiger partial charge in [0.05, 0.1) is 30.1 Å². The first-order chi connectivity index (χ1) is 15.2. The molecule has 2 aliphatic heterocycles. The Hall–Kier alpha value is -2.42. The fraction of sp³-hybridized carbons (Fsp3) is 0.435. The summed E-state index contributed by atoms with van der Waals surface area (Å²) in [7, 11) is 0. The van der Waals surface area contributed by atoms with Crippen molar-refractivity contribution in [3.05, 3.63) is 39.7 Å². The van der Waals surface area contributed by atoms with Crippen molar-refractivity contribution >= 4 is 45.8 Å². The molecule has 2 fully saturated rings. The monoisotopic (exact) mass is 477 g/mol. The van der Waals surface area contributed by atoms with E-state index in [4.69, 9.17) is 21.1 Å². The molecule has 1 aromatic heterocycles. The molecule has 3 heterocycles. The molecule has 7 nitrogen and oxygen atoms in total. The van der Waals surface area contributed by atoms with Gasteiger partial charge in [-0.15, -0.1) is 11.3 Å². The lowest BCUT2D eigenvalue weighted by molar-refractivity contribution is -0.147. The summed E-state index contributed by atoms with van der Waals surface area (Å²) in [6.07, 6.45) is 0.0572. The Labute approximate surface area is 194 Å². The van der Waals surface area contributed by atoms with Gasteiger partial charge in [0.2, 0.25) is 5.91 Å². The molecule has 0 saturated carbocycles. The lowest BCUT2D eigenvalue weighted by Crippen LogP contribution is -2.41. The Bertz CT molecular complexity index is 1060. The molecule has 170 valence electrons. The van der Waals surface area contributed by atoms with Crippen LogP contribution in [-0.4, -0.2) is 41.3 Å². The number of benzene rings is 1. The van der Waals surface area contributed by atoms with E-state index in [9.17, 15) is 19.5 Å². The molecule has 0 radical (unpaired) electrons. The van der Waals surface area contributed by atoms with Gasteiger partial charge >= 0.3 is 11.9 Å². The van der Waals surface area contributed by atoms with E-state index in [0.29, 0.717) is 28.4 Å². The van der Waals surface area contributed by atoms with Crippen molar-refractivity contribution in [1.29, 1.82) is 0 Å². The van der Waals surface area contributed by atoms with Crippen molar-refractivity contribution in [2.45, 2.75) is 51.9 Å². The molecule has 2 bridgehead atoms. The summed E-state index contributed by atoms with van der Waals surface area (Å²) in [5, 5.41) is 13.4. The second-order valence-corrected chi connectivity index (χ2v) is 10.0. The van der Waals surface area contributed by atoms with Crippen LogP contribution in [0.25, 0.3) is 11.1 Å². The van der Waals surface area contributed by atoms with Crippen LogP contribution in [0.1, 0.15) is 41.9 Å². The molecule has 4 atom stereocenters. The standard InChI is InChI=1S/C23H24ClNO6S/c1-10(2)30-23(29)19-16(12-4-6-13(24)7-5-12)11(3)32-21(19)25-20(26)17-14-8-9-15(31-14)18(17)22(27)28/h4-7,10,14-15,17-18H,8-9H2,1-3H3,(H,25,26)(H,27,28)/t14-,15+,17-,18-/m0/s1. The number of halogens is 1. The molecule has 2 saturated heterocycles. The second kappa shape index (κ2) is 8.84. The Morgan fingerprint density at radius 3 is 2.38 bits per heavy atom. The topological polar surface area (TPSA) is 102 Å². The summed E-state index contributed by atoms with van der Waals surface area (Å²) in [5.41, 5.74) is 1.69. The molecule has 0 aliphatic carbocycles. The fourth-order valence-corrected chi connectivity index (χ4v) is 5.78. The highest BCUT2D eigenvalue weighted by molar-refractivity contribution is 7.17. The zero-order valence-corrected chi connectivity index (χ0v) is 19.5. The summed E-state index contributed by atoms with van der Waals surface area (Å²) < 4.78 is 11.2. The van der Waals surface area contributed by atoms with Gasteiger partial charge in [-0.05, 0) is 51.3 Å². The highest BCUT2D eigenvalue weighted by Crippen LogP contribution is 2.46. The number of aliphatic carboxylic acids is 1. The predicted molar refractivity (Wildman–Crippen MR) is 121 cm³/mol. The first-order valence-corrected chi connectivity index (χ1v) is 11.7. The van der Waals surface area contributed by atoms with Crippen LogP contribution in [0.5, 0.6) is 0 Å². The van der Waals surface area contributed by atoms with Crippen molar-refractivity contribution in [2.75, 3.05) is 5.32 Å². The average molecular weight is 478 g/mol. The van der Waals surface area contributed by atoms with Gasteiger partial charge in [0.25, 0.3) is 0 Å². The maximum Gasteiger partial charge on any atom is 0.342 e. The number of hydrogen-bond donors (Lipinski definition) is 2. The summed E-state index contributed by atoms with van der Waals surface area (Å²) in [5.74, 6) is -3.74. The third-order valence-electron chi connectivity index (χ3n) is 5.86. The molecule has 0 unspecified atom stereocenters. The number of aryl methyl sites for hydroxylation is 1. The first-order valence-electron chi connectivity index (χ1n) is 10.5. The van der Waals surface area contributed by atoms with Gasteiger partial charge in [-0.1, -0.05) is 23.7 Å². The summed E-state index contributed by atoms with van der Waals surface area (Å²) >= 11 is 7.28. The van der Waals surface area contributed by atoms with Gasteiger partial charge in [-0.3, -0.25) is 9.59 Å². The van der Waals surface area contributed by atoms with Crippen molar-refractivity contribution in [3.63, 3.8) is 0 Å². The predicted octanol–water partition coefficient (Wildman–Crippen LogP) is 4.76. The number of fused-ring (bicyclic) bond motifs is 2. The van der Waals surface area contributed by atoms with Crippen LogP contribution in [0.3, 0.4) is 0 Å². The van der Waals surface area contributed by atoms with Gasteiger partial charge in [-0.2, -0.15) is 0 Å². The van der Waals surface area contributed by atoms with E-state index >= 15 is 0 Å². The smallest absolute Gasteiger partial charge is 0.342 e. The van der Waals surface area contributed by atoms with E-state index in [1.165, 1.54) is 11.3 Å². The maximum absolute atomic E-state index is 13.2. The van der Waals surface area contributed by atoms with Gasteiger partial charge in [0.15, 0.2) is 0 Å². The number of thiophene rings is 1. The van der Waals surface area contributed by atoms with Crippen molar-refractivity contribution in [3.8, 4) is 11.1 Å². The minimum Gasteiger partial charge on any atom is -0.481 e. The summed E-state index contributed by atoms with van der Waals surface area (Å²) in [6, 6.07) is 7.07. The Balaban J connectivity index is 1.71. The third kappa shape index (κ3) is 4.14. The van der Waals surface area contributed by atoms with Crippen molar-refractivity contribution in [2.24, 2.45) is 11.8 Å². The quantitative estimate of drug-likeness (QED) is 0.581. The SMILES string of the molecule is Cc1sc(NC(=O)[C@@H]2[C@@H](C(=O)O)[C@H]3CC[C@@H]2O3)c(C(=O)OC(C)C)c1-c1ccc(Cl)cc1. The van der Waals surface area contributed by atoms with E-state index in [1.54, 1.807) is 38.1 Å². The number of carbonyl (C=O) groups is 3. The molecular formula is C23H24ClNO6S. The highest BCUT2D eigenvalue weighted by atomic mass is 35.5. The molecule has 0 spiro atoms. The number of nitrogens with one attached hydrogen (secondary N) is 1. The second-order valence-electron chi connectivity index (χ2n) is 8.37. The number of amides is 1. The number of ether oxygens (including phenoxy) is 2. The number of hydrogen-bond acceptors (Lipinski definition) is 6. The zero-order chi connectivity index (χ0) is 23.2. The number of carbonyl (C=O) groups excluding carboxylic acids is 2. The summed E-state index contributed by atoms with van der Waals surface area (Å²) in [6.45, 7) is 5.36. The zero-order valence-electron chi connectivity index (χ0n) is 17.9. The Morgan fingerprint density at radius 1 is 1.16 bits per heavy atom. The van der Waals surface area contributed by atoms with Crippen LogP contribution in [0.2, 0.25) is 5.02 Å². The van der Waals surface area contributed by atoms with Crippen LogP contribution in [0, 0.1) is 18.8 Å². The number of anilines is 1. The lowest BCUT2D eigenvalue weighted by Gasteiger charge is -2.23. The number of rotatable bonds is 6. The van der Waals surface area contributed by atoms with E-state index in [-0.39, 0.29) is 11.7 Å². The normalized spacial score (nSPS) is 24.0. The molecular weight excluding hydrogens is 454 g/mol. The molecule has 2 N–H and O–H groups in total. The molecule has 2 aromatic rings. The number of esters is 1. The van der Waals surface area contributed by atoms with Crippen LogP contribution in [0.15, 0.2) is 24.3 Å². The van der Waals surface area contributed by atoms with Crippen molar-refractivity contribution in [1.82, 2.24) is 0 Å². The third-order valence-corrected chi connectivity index (χ3v) is 7.13. The van der Waals surface area contributed by atoms with Crippen molar-refractivity contribution < 1.29 is 29.0 Å². The minimum atomic E-state index is -1.04. The summed E-state index contributed by atoms with van der Waals surface area (Å²) in [4.78, 5) is 38.8. The Kier molecular flexibility index (Phi) is 6.29. The fourth-order valence-electron chi connectivity index (χ4n) is 4.58. The number of carboxylic acid groups (broad SMARTS) is 1. The van der Waals surface area contributed by atoms with Gasteiger partial charge < -0.3 is 19.9 Å². The van der Waals surface area contributed by atoms with E-state index < -0.39 is 41.9 Å². The molecule has 1 aromatic carbocycles. The Morgan fingerprint density at radius 2 is 1.78 bits per heavy atom. The van der Waals surface area contributed by atoms with Gasteiger partial charge in [0, 0.05) is 15.5 Å². The van der Waals surface area contributed by atoms with Crippen LogP contribution < -0.4 is 5.32 Å². The van der Waals surface area contributed by atoms with Crippen LogP contribution in [0.4, 0.5) is 5.00 Å². The van der Waals surface area contributed by atoms with E-state index in [2.05, 4.69) is 5.32 Å². The van der Waals surface area contributed by atoms with Crippen LogP contribution in [-0.2, 0) is 19.1 Å². The lowest BCUT2D eigenvalue weighted by atomic mass is 9.78. The van der Waals surface area contributed by atoms with Gasteiger partial charge in [0.1, 0.15) is 10.6 Å².